The molecule has 0 saturated heterocycles. The fraction of sp³-hybridized carbons (Fsp3) is 0.0862. The molecule has 1 atom stereocenters. The van der Waals surface area contributed by atoms with Crippen molar-refractivity contribution in [1.29, 1.82) is 0 Å². The fourth-order valence-corrected chi connectivity index (χ4v) is 11.7. The number of hydrogen-bond donors (Lipinski definition) is 0. The monoisotopic (exact) mass is 846 g/mol. The van der Waals surface area contributed by atoms with Crippen molar-refractivity contribution >= 4 is 73.6 Å². The lowest BCUT2D eigenvalue weighted by Crippen LogP contribution is -2.59. The zero-order valence-corrected chi connectivity index (χ0v) is 36.7. The molecule has 12 rings (SSSR count). The fourth-order valence-electron chi connectivity index (χ4n) is 10.4. The lowest BCUT2D eigenvalue weighted by atomic mass is 9.75. The molecule has 0 saturated carbocycles. The molecule has 8 aromatic carbocycles. The van der Waals surface area contributed by atoms with Gasteiger partial charge in [0.05, 0.1) is 38.3 Å². The Hall–Kier alpha value is -7.46. The Kier molecular flexibility index (Phi) is 9.03. The molecule has 64 heavy (non-hydrogen) atoms. The lowest BCUT2D eigenvalue weighted by molar-refractivity contribution is -0.740. The number of pyridine rings is 1. The average Bonchev–Trinajstić information content (AvgIpc) is 3.86. The zero-order chi connectivity index (χ0) is 42.9. The van der Waals surface area contributed by atoms with Crippen LogP contribution in [0.3, 0.4) is 0 Å². The zero-order valence-electron chi connectivity index (χ0n) is 35.8. The molecule has 0 spiro atoms. The summed E-state index contributed by atoms with van der Waals surface area (Å²) in [5.74, 6) is 1.48. The van der Waals surface area contributed by atoms with Gasteiger partial charge in [-0.1, -0.05) is 117 Å². The highest BCUT2D eigenvalue weighted by molar-refractivity contribution is 7.56. The molecule has 308 valence electrons. The first-order valence-corrected chi connectivity index (χ1v) is 23.3. The van der Waals surface area contributed by atoms with E-state index in [-0.39, 0.29) is 5.54 Å². The van der Waals surface area contributed by atoms with Gasteiger partial charge in [0.15, 0.2) is 11.7 Å². The number of benzene rings is 8. The van der Waals surface area contributed by atoms with Crippen molar-refractivity contribution in [2.75, 3.05) is 0 Å². The van der Waals surface area contributed by atoms with Crippen molar-refractivity contribution in [1.82, 2.24) is 9.13 Å². The summed E-state index contributed by atoms with van der Waals surface area (Å²) in [7, 11) is -1.73. The molecule has 0 amide bonds. The van der Waals surface area contributed by atoms with Gasteiger partial charge < -0.3 is 18.2 Å². The minimum Gasteiger partial charge on any atom is -0.435 e. The normalized spacial score (nSPS) is 13.7. The first-order chi connectivity index (χ1) is 31.5. The standard InChI is InChI=1S/C58H45N3O2P/c1-4-58(5-2)39(3)46-32-30-45(38-52(46)57-47-23-13-12-18-40(47)34-35-59(57)58)64(62-43-29-33-55-51(36-43)49-25-15-17-27-54(49)60(55)41-19-8-6-9-20-41)63-44-28-31-50-48-24-14-16-26-53(48)61(56(50)37-44)42-21-10-7-11-22-42/h6-38H,3-5H2,1-2H3/q+1. The van der Waals surface area contributed by atoms with Crippen molar-refractivity contribution in [3.63, 3.8) is 0 Å². The quantitative estimate of drug-likeness (QED) is 0.107. The number of aromatic nitrogens is 3. The molecule has 3 aromatic heterocycles. The summed E-state index contributed by atoms with van der Waals surface area (Å²) in [6.07, 6.45) is 4.14. The Labute approximate surface area is 373 Å². The second kappa shape index (κ2) is 15.1. The van der Waals surface area contributed by atoms with Gasteiger partial charge in [0, 0.05) is 63.5 Å². The van der Waals surface area contributed by atoms with Crippen molar-refractivity contribution in [3.05, 3.63) is 212 Å². The molecule has 0 N–H and O–H groups in total. The number of fused-ring (bicyclic) bond motifs is 11. The minimum atomic E-state index is -1.73. The molecule has 11 aromatic rings. The van der Waals surface area contributed by atoms with Crippen molar-refractivity contribution in [2.24, 2.45) is 0 Å². The molecule has 0 radical (unpaired) electrons. The van der Waals surface area contributed by atoms with Crippen LogP contribution < -0.4 is 18.9 Å². The van der Waals surface area contributed by atoms with Gasteiger partial charge in [-0.25, -0.2) is 0 Å². The van der Waals surface area contributed by atoms with Crippen LogP contribution in [0, 0.1) is 0 Å². The summed E-state index contributed by atoms with van der Waals surface area (Å²) in [6.45, 7) is 9.38. The molecular formula is C58H45N3O2P+. The van der Waals surface area contributed by atoms with Gasteiger partial charge in [-0.05, 0) is 95.9 Å². The Balaban J connectivity index is 1.04. The molecule has 0 bridgehead atoms. The highest BCUT2D eigenvalue weighted by Crippen LogP contribution is 2.48. The Morgan fingerprint density at radius 3 is 1.72 bits per heavy atom. The van der Waals surface area contributed by atoms with E-state index in [1.165, 1.54) is 38.2 Å². The summed E-state index contributed by atoms with van der Waals surface area (Å²) in [6, 6.07) is 69.0. The Bertz CT molecular complexity index is 3620. The molecule has 0 aliphatic carbocycles. The number of para-hydroxylation sites is 4. The van der Waals surface area contributed by atoms with Gasteiger partial charge in [-0.15, -0.1) is 0 Å². The third kappa shape index (κ3) is 5.85. The lowest BCUT2D eigenvalue weighted by Gasteiger charge is -2.35. The summed E-state index contributed by atoms with van der Waals surface area (Å²) in [5, 5.41) is 8.04. The van der Waals surface area contributed by atoms with Crippen molar-refractivity contribution in [2.45, 2.75) is 32.2 Å². The second-order valence-electron chi connectivity index (χ2n) is 16.7. The number of hydrogen-bond acceptors (Lipinski definition) is 2. The molecule has 6 heteroatoms. The maximum Gasteiger partial charge on any atom is 0.326 e. The first-order valence-electron chi connectivity index (χ1n) is 22.2. The van der Waals surface area contributed by atoms with Gasteiger partial charge in [-0.2, -0.15) is 4.57 Å². The average molecular weight is 847 g/mol. The van der Waals surface area contributed by atoms with E-state index in [2.05, 4.69) is 228 Å². The van der Waals surface area contributed by atoms with E-state index in [1.807, 2.05) is 0 Å². The number of rotatable bonds is 9. The third-order valence-corrected chi connectivity index (χ3v) is 15.0. The van der Waals surface area contributed by atoms with Crippen LogP contribution in [0.5, 0.6) is 11.5 Å². The van der Waals surface area contributed by atoms with E-state index in [0.29, 0.717) is 0 Å². The molecular weight excluding hydrogens is 802 g/mol. The third-order valence-electron chi connectivity index (χ3n) is 13.5. The van der Waals surface area contributed by atoms with Gasteiger partial charge in [-0.3, -0.25) is 0 Å². The van der Waals surface area contributed by atoms with Crippen molar-refractivity contribution in [3.8, 4) is 34.1 Å². The molecule has 0 fully saturated rings. The first kappa shape index (κ1) is 38.2. The van der Waals surface area contributed by atoms with Crippen LogP contribution in [0.25, 0.3) is 82.6 Å². The predicted octanol–water partition coefficient (Wildman–Crippen LogP) is 14.6. The summed E-state index contributed by atoms with van der Waals surface area (Å²) in [5.41, 5.74) is 11.1. The largest absolute Gasteiger partial charge is 0.435 e. The van der Waals surface area contributed by atoms with Gasteiger partial charge in [0.2, 0.25) is 5.69 Å². The smallest absolute Gasteiger partial charge is 0.326 e. The Morgan fingerprint density at radius 1 is 0.484 bits per heavy atom. The van der Waals surface area contributed by atoms with Crippen LogP contribution in [0.4, 0.5) is 0 Å². The van der Waals surface area contributed by atoms with E-state index in [4.69, 9.17) is 15.6 Å². The van der Waals surface area contributed by atoms with Crippen LogP contribution in [-0.2, 0) is 5.54 Å². The van der Waals surface area contributed by atoms with E-state index < -0.39 is 8.38 Å². The Morgan fingerprint density at radius 2 is 1.03 bits per heavy atom. The topological polar surface area (TPSA) is 32.2 Å². The van der Waals surface area contributed by atoms with Crippen LogP contribution in [0.1, 0.15) is 32.3 Å². The van der Waals surface area contributed by atoms with E-state index in [1.54, 1.807) is 0 Å². The predicted molar refractivity (Wildman–Crippen MR) is 267 cm³/mol. The SMILES string of the molecule is C=C1c2ccc(P(Oc3ccc4c(c3)c3ccccc3n4-c3ccccc3)Oc3ccc4c5ccccc5n(-c5ccccc5)c4c3)cc2-c2c3ccccc3cc[n+]2C1(CC)CC. The number of allylic oxidation sites excluding steroid dienone is 1. The summed E-state index contributed by atoms with van der Waals surface area (Å²) in [4.78, 5) is 0. The van der Waals surface area contributed by atoms with Crippen molar-refractivity contribution < 1.29 is 13.6 Å². The maximum atomic E-state index is 7.24. The highest BCUT2D eigenvalue weighted by atomic mass is 31.2. The minimum absolute atomic E-state index is 0.243. The molecule has 1 aliphatic heterocycles. The molecule has 4 heterocycles. The summed E-state index contributed by atoms with van der Waals surface area (Å²) >= 11 is 0. The van der Waals surface area contributed by atoms with Crippen LogP contribution >= 0.6 is 8.38 Å². The van der Waals surface area contributed by atoms with Gasteiger partial charge in [0.25, 0.3) is 0 Å². The van der Waals surface area contributed by atoms with E-state index >= 15 is 0 Å². The van der Waals surface area contributed by atoms with Gasteiger partial charge in [0.1, 0.15) is 11.5 Å². The van der Waals surface area contributed by atoms with E-state index in [0.717, 1.165) is 79.6 Å². The maximum absolute atomic E-state index is 7.24. The molecule has 5 nitrogen and oxygen atoms in total. The van der Waals surface area contributed by atoms with Crippen LogP contribution in [0.2, 0.25) is 0 Å². The second-order valence-corrected chi connectivity index (χ2v) is 18.1. The van der Waals surface area contributed by atoms with E-state index in [9.17, 15) is 0 Å². The van der Waals surface area contributed by atoms with Crippen LogP contribution in [-0.4, -0.2) is 9.13 Å². The summed E-state index contributed by atoms with van der Waals surface area (Å²) < 4.78 is 21.6. The van der Waals surface area contributed by atoms with Gasteiger partial charge >= 0.3 is 8.38 Å². The molecule has 1 aliphatic rings. The van der Waals surface area contributed by atoms with Crippen LogP contribution in [0.15, 0.2) is 207 Å². The number of nitrogens with zero attached hydrogens (tertiary/aromatic N) is 3. The molecule has 1 unspecified atom stereocenters. The highest BCUT2D eigenvalue weighted by Gasteiger charge is 2.47.